The molecule has 2 aliphatic rings. The van der Waals surface area contributed by atoms with Gasteiger partial charge in [-0.15, -0.1) is 0 Å². The Morgan fingerprint density at radius 1 is 1.27 bits per heavy atom. The molecule has 160 valence electrons. The number of rotatable bonds is 4. The molecule has 1 fully saturated rings. The van der Waals surface area contributed by atoms with Crippen molar-refractivity contribution in [2.75, 3.05) is 5.75 Å². The minimum atomic E-state index is -3.63. The van der Waals surface area contributed by atoms with Crippen LogP contribution in [0.1, 0.15) is 60.0 Å². The molecule has 0 bridgehead atoms. The van der Waals surface area contributed by atoms with E-state index in [1.807, 2.05) is 0 Å². The summed E-state index contributed by atoms with van der Waals surface area (Å²) in [6.07, 6.45) is 2.44. The highest BCUT2D eigenvalue weighted by molar-refractivity contribution is 7.93. The normalized spacial score (nSPS) is 24.7. The van der Waals surface area contributed by atoms with Crippen molar-refractivity contribution in [2.24, 2.45) is 10.7 Å². The maximum Gasteiger partial charge on any atom is 0.189 e. The molecule has 1 spiro atoms. The van der Waals surface area contributed by atoms with Gasteiger partial charge in [0.1, 0.15) is 33.4 Å². The number of carbonyl (C=O) groups is 1. The van der Waals surface area contributed by atoms with Crippen LogP contribution in [0.25, 0.3) is 0 Å². The van der Waals surface area contributed by atoms with E-state index in [0.717, 1.165) is 12.8 Å². The molecule has 1 atom stereocenters. The number of sulfone groups is 1. The van der Waals surface area contributed by atoms with E-state index in [1.165, 1.54) is 24.3 Å². The number of benzene rings is 1. The summed E-state index contributed by atoms with van der Waals surface area (Å²) in [5.41, 5.74) is 5.67. The second-order valence-electron chi connectivity index (χ2n) is 8.47. The summed E-state index contributed by atoms with van der Waals surface area (Å²) in [5, 5.41) is 3.71. The van der Waals surface area contributed by atoms with Gasteiger partial charge in [-0.1, -0.05) is 24.1 Å². The molecule has 1 saturated carbocycles. The van der Waals surface area contributed by atoms with Gasteiger partial charge in [-0.25, -0.2) is 12.8 Å². The third-order valence-electron chi connectivity index (χ3n) is 6.20. The van der Waals surface area contributed by atoms with Crippen molar-refractivity contribution in [1.29, 1.82) is 0 Å². The first-order valence-electron chi connectivity index (χ1n) is 9.90. The fourth-order valence-electron chi connectivity index (χ4n) is 4.59. The molecule has 2 N–H and O–H groups in total. The van der Waals surface area contributed by atoms with E-state index in [1.54, 1.807) is 13.8 Å². The van der Waals surface area contributed by atoms with Crippen LogP contribution in [0.15, 0.2) is 33.8 Å². The lowest BCUT2D eigenvalue weighted by Gasteiger charge is -2.39. The van der Waals surface area contributed by atoms with Crippen molar-refractivity contribution in [3.8, 4) is 0 Å². The van der Waals surface area contributed by atoms with Crippen molar-refractivity contribution < 1.29 is 22.1 Å². The SMILES string of the molecule is Cc1cc(C(=O)Cc2ccc(F)c([C@]3(C)CS(=O)(=O)C4(CCCC4)C(N)=N3)c2)no1. The van der Waals surface area contributed by atoms with Crippen LogP contribution in [0.2, 0.25) is 0 Å². The Morgan fingerprint density at radius 2 is 1.97 bits per heavy atom. The van der Waals surface area contributed by atoms with Gasteiger partial charge >= 0.3 is 0 Å². The highest BCUT2D eigenvalue weighted by Gasteiger charge is 2.55. The van der Waals surface area contributed by atoms with E-state index < -0.39 is 25.9 Å². The van der Waals surface area contributed by atoms with Crippen LogP contribution in [0.3, 0.4) is 0 Å². The molecule has 0 amide bonds. The van der Waals surface area contributed by atoms with Crippen molar-refractivity contribution in [3.05, 3.63) is 52.7 Å². The van der Waals surface area contributed by atoms with Gasteiger partial charge in [-0.05, 0) is 44.4 Å². The molecule has 30 heavy (non-hydrogen) atoms. The van der Waals surface area contributed by atoms with E-state index in [4.69, 9.17) is 10.3 Å². The van der Waals surface area contributed by atoms with Crippen LogP contribution in [0, 0.1) is 12.7 Å². The summed E-state index contributed by atoms with van der Waals surface area (Å²) >= 11 is 0. The molecule has 4 rings (SSSR count). The predicted octanol–water partition coefficient (Wildman–Crippen LogP) is 2.86. The van der Waals surface area contributed by atoms with Crippen molar-refractivity contribution in [3.63, 3.8) is 0 Å². The van der Waals surface area contributed by atoms with E-state index in [0.29, 0.717) is 24.2 Å². The smallest absolute Gasteiger partial charge is 0.189 e. The fourth-order valence-corrected chi connectivity index (χ4v) is 7.10. The van der Waals surface area contributed by atoms with Gasteiger partial charge in [0, 0.05) is 18.1 Å². The number of nitrogens with zero attached hydrogens (tertiary/aromatic N) is 2. The molecule has 2 heterocycles. The Hall–Kier alpha value is -2.55. The average molecular weight is 434 g/mol. The first-order chi connectivity index (χ1) is 14.1. The second-order valence-corrected chi connectivity index (χ2v) is 10.8. The topological polar surface area (TPSA) is 116 Å². The zero-order chi connectivity index (χ0) is 21.7. The maximum absolute atomic E-state index is 14.8. The third kappa shape index (κ3) is 3.25. The summed E-state index contributed by atoms with van der Waals surface area (Å²) in [4.78, 5) is 17.0. The van der Waals surface area contributed by atoms with Crippen LogP contribution in [0.5, 0.6) is 0 Å². The van der Waals surface area contributed by atoms with Gasteiger partial charge in [0.05, 0.1) is 5.75 Å². The predicted molar refractivity (Wildman–Crippen MR) is 110 cm³/mol. The average Bonchev–Trinajstić information content (AvgIpc) is 3.32. The minimum Gasteiger partial charge on any atom is -0.386 e. The van der Waals surface area contributed by atoms with Gasteiger partial charge in [0.2, 0.25) is 0 Å². The molecule has 1 aromatic heterocycles. The molecule has 2 aromatic rings. The number of ketones is 1. The lowest BCUT2D eigenvalue weighted by Crippen LogP contribution is -2.56. The zero-order valence-electron chi connectivity index (χ0n) is 16.9. The number of amidine groups is 1. The molecule has 1 aliphatic heterocycles. The Morgan fingerprint density at radius 3 is 2.57 bits per heavy atom. The van der Waals surface area contributed by atoms with Crippen LogP contribution >= 0.6 is 0 Å². The molecule has 0 unspecified atom stereocenters. The standard InChI is InChI=1S/C21H24FN3O4S/c1-13-9-17(25-29-13)18(26)11-14-5-6-16(22)15(10-14)20(2)12-30(27,28)21(19(23)24-20)7-3-4-8-21/h5-6,9-10H,3-4,7-8,11-12H2,1-2H3,(H2,23,24)/t20-/m0/s1. The van der Waals surface area contributed by atoms with Crippen LogP contribution in [-0.4, -0.2) is 35.7 Å². The van der Waals surface area contributed by atoms with E-state index in [2.05, 4.69) is 10.1 Å². The van der Waals surface area contributed by atoms with E-state index >= 15 is 0 Å². The van der Waals surface area contributed by atoms with E-state index in [-0.39, 0.29) is 35.0 Å². The second kappa shape index (κ2) is 7.01. The number of aryl methyl sites for hydroxylation is 1. The summed E-state index contributed by atoms with van der Waals surface area (Å²) in [6.45, 7) is 3.26. The van der Waals surface area contributed by atoms with Gasteiger partial charge < -0.3 is 10.3 Å². The number of carbonyl (C=O) groups excluding carboxylic acids is 1. The van der Waals surface area contributed by atoms with Gasteiger partial charge in [-0.3, -0.25) is 9.79 Å². The number of Topliss-reactive ketones (excluding diaryl/α,β-unsaturated/α-hetero) is 1. The highest BCUT2D eigenvalue weighted by Crippen LogP contribution is 2.45. The Bertz CT molecular complexity index is 1150. The largest absolute Gasteiger partial charge is 0.386 e. The van der Waals surface area contributed by atoms with Crippen LogP contribution in [-0.2, 0) is 21.8 Å². The monoisotopic (exact) mass is 433 g/mol. The molecule has 0 saturated heterocycles. The zero-order valence-corrected chi connectivity index (χ0v) is 17.8. The quantitative estimate of drug-likeness (QED) is 0.741. The summed E-state index contributed by atoms with van der Waals surface area (Å²) in [7, 11) is -3.63. The number of halogens is 1. The van der Waals surface area contributed by atoms with Gasteiger partial charge in [0.15, 0.2) is 15.6 Å². The molecule has 1 aromatic carbocycles. The molecule has 9 heteroatoms. The number of aromatic nitrogens is 1. The molecule has 1 aliphatic carbocycles. The summed E-state index contributed by atoms with van der Waals surface area (Å²) in [5.74, 6) is -0.604. The van der Waals surface area contributed by atoms with Crippen LogP contribution < -0.4 is 5.73 Å². The summed E-state index contributed by atoms with van der Waals surface area (Å²) in [6, 6.07) is 5.76. The summed E-state index contributed by atoms with van der Waals surface area (Å²) < 4.78 is 45.0. The van der Waals surface area contributed by atoms with Gasteiger partial charge in [-0.2, -0.15) is 0 Å². The third-order valence-corrected chi connectivity index (χ3v) is 8.95. The number of hydrogen-bond acceptors (Lipinski definition) is 7. The fraction of sp³-hybridized carbons (Fsp3) is 0.476. The first-order valence-corrected chi connectivity index (χ1v) is 11.6. The van der Waals surface area contributed by atoms with E-state index in [9.17, 15) is 17.6 Å². The Labute approximate surface area is 174 Å². The number of aliphatic imine (C=N–C) groups is 1. The van der Waals surface area contributed by atoms with Crippen molar-refractivity contribution >= 4 is 21.5 Å². The Balaban J connectivity index is 1.71. The number of hydrogen-bond donors (Lipinski definition) is 1. The Kier molecular flexibility index (Phi) is 4.84. The molecular weight excluding hydrogens is 409 g/mol. The lowest BCUT2D eigenvalue weighted by molar-refractivity contribution is 0.0984. The van der Waals surface area contributed by atoms with Crippen molar-refractivity contribution in [1.82, 2.24) is 5.16 Å². The van der Waals surface area contributed by atoms with Gasteiger partial charge in [0.25, 0.3) is 0 Å². The molecule has 7 nitrogen and oxygen atoms in total. The highest BCUT2D eigenvalue weighted by atomic mass is 32.2. The molecular formula is C21H24FN3O4S. The minimum absolute atomic E-state index is 0.0226. The maximum atomic E-state index is 14.8. The molecule has 0 radical (unpaired) electrons. The lowest BCUT2D eigenvalue weighted by atomic mass is 9.90. The van der Waals surface area contributed by atoms with Crippen molar-refractivity contribution in [2.45, 2.75) is 56.2 Å². The number of nitrogens with two attached hydrogens (primary N) is 1. The van der Waals surface area contributed by atoms with Crippen LogP contribution in [0.4, 0.5) is 4.39 Å². The first kappa shape index (κ1) is 20.7.